The van der Waals surface area contributed by atoms with Crippen LogP contribution in [-0.2, 0) is 6.54 Å². The lowest BCUT2D eigenvalue weighted by Gasteiger charge is -2.10. The van der Waals surface area contributed by atoms with E-state index in [2.05, 4.69) is 20.4 Å². The van der Waals surface area contributed by atoms with E-state index < -0.39 is 0 Å². The van der Waals surface area contributed by atoms with Crippen molar-refractivity contribution in [1.29, 1.82) is 0 Å². The second kappa shape index (κ2) is 6.92. The van der Waals surface area contributed by atoms with Crippen molar-refractivity contribution >= 4 is 0 Å². The van der Waals surface area contributed by atoms with Crippen LogP contribution in [0.15, 0.2) is 79.1 Å². The summed E-state index contributed by atoms with van der Waals surface area (Å²) in [7, 11) is 0. The summed E-state index contributed by atoms with van der Waals surface area (Å²) in [6.45, 7) is 0.469. The number of nitrogens with zero attached hydrogens (tertiary/aromatic N) is 5. The van der Waals surface area contributed by atoms with Crippen LogP contribution < -0.4 is 4.74 Å². The first-order valence-corrected chi connectivity index (χ1v) is 7.87. The lowest BCUT2D eigenvalue weighted by molar-refractivity contribution is 0.464. The molecule has 0 bridgehead atoms. The molecule has 2 aromatic heterocycles. The predicted octanol–water partition coefficient (Wildman–Crippen LogP) is 3.58. The Kier molecular flexibility index (Phi) is 4.16. The third-order valence-corrected chi connectivity index (χ3v) is 3.63. The van der Waals surface area contributed by atoms with Crippen LogP contribution >= 0.6 is 0 Å². The maximum Gasteiger partial charge on any atom is 0.204 e. The van der Waals surface area contributed by atoms with E-state index in [0.717, 1.165) is 16.9 Å². The molecular formula is C19H15N5O. The van der Waals surface area contributed by atoms with Crippen molar-refractivity contribution in [3.63, 3.8) is 0 Å². The first-order valence-electron chi connectivity index (χ1n) is 7.87. The van der Waals surface area contributed by atoms with Crippen molar-refractivity contribution in [3.05, 3.63) is 84.7 Å². The SMILES string of the molecule is c1ccc(-c2nnn(Cc3ccccc3Oc3cccnc3)n2)cc1. The molecule has 4 aromatic rings. The molecule has 0 aliphatic carbocycles. The largest absolute Gasteiger partial charge is 0.455 e. The summed E-state index contributed by atoms with van der Waals surface area (Å²) in [6.07, 6.45) is 3.39. The van der Waals surface area contributed by atoms with Gasteiger partial charge < -0.3 is 4.74 Å². The highest BCUT2D eigenvalue weighted by Crippen LogP contribution is 2.25. The fourth-order valence-corrected chi connectivity index (χ4v) is 2.43. The van der Waals surface area contributed by atoms with E-state index in [0.29, 0.717) is 18.1 Å². The smallest absolute Gasteiger partial charge is 0.204 e. The molecule has 0 amide bonds. The molecular weight excluding hydrogens is 314 g/mol. The number of para-hydroxylation sites is 1. The van der Waals surface area contributed by atoms with Crippen LogP contribution in [0, 0.1) is 0 Å². The summed E-state index contributed by atoms with van der Waals surface area (Å²) in [5.74, 6) is 2.03. The molecule has 0 N–H and O–H groups in total. The van der Waals surface area contributed by atoms with E-state index >= 15 is 0 Å². The summed E-state index contributed by atoms with van der Waals surface area (Å²) in [6, 6.07) is 21.3. The molecule has 0 aliphatic heterocycles. The summed E-state index contributed by atoms with van der Waals surface area (Å²) in [4.78, 5) is 5.63. The van der Waals surface area contributed by atoms with Crippen molar-refractivity contribution in [1.82, 2.24) is 25.2 Å². The number of rotatable bonds is 5. The Bertz CT molecular complexity index is 954. The number of pyridine rings is 1. The van der Waals surface area contributed by atoms with Gasteiger partial charge in [0.15, 0.2) is 0 Å². The van der Waals surface area contributed by atoms with Gasteiger partial charge in [-0.05, 0) is 23.4 Å². The van der Waals surface area contributed by atoms with Crippen molar-refractivity contribution in [2.45, 2.75) is 6.54 Å². The molecule has 25 heavy (non-hydrogen) atoms. The molecule has 2 heterocycles. The molecule has 122 valence electrons. The minimum absolute atomic E-state index is 0.469. The third kappa shape index (κ3) is 3.53. The van der Waals surface area contributed by atoms with Crippen LogP contribution in [0.25, 0.3) is 11.4 Å². The highest BCUT2D eigenvalue weighted by molar-refractivity contribution is 5.53. The third-order valence-electron chi connectivity index (χ3n) is 3.63. The van der Waals surface area contributed by atoms with Gasteiger partial charge in [0.2, 0.25) is 5.82 Å². The van der Waals surface area contributed by atoms with E-state index in [4.69, 9.17) is 4.74 Å². The minimum atomic E-state index is 0.469. The molecule has 6 nitrogen and oxygen atoms in total. The van der Waals surface area contributed by atoms with E-state index in [1.165, 1.54) is 0 Å². The predicted molar refractivity (Wildman–Crippen MR) is 93.1 cm³/mol. The van der Waals surface area contributed by atoms with Gasteiger partial charge in [-0.15, -0.1) is 10.2 Å². The summed E-state index contributed by atoms with van der Waals surface area (Å²) in [5, 5.41) is 12.7. The highest BCUT2D eigenvalue weighted by atomic mass is 16.5. The van der Waals surface area contributed by atoms with Gasteiger partial charge >= 0.3 is 0 Å². The van der Waals surface area contributed by atoms with Gasteiger partial charge in [-0.3, -0.25) is 4.98 Å². The fourth-order valence-electron chi connectivity index (χ4n) is 2.43. The summed E-state index contributed by atoms with van der Waals surface area (Å²) < 4.78 is 5.92. The quantitative estimate of drug-likeness (QED) is 0.560. The van der Waals surface area contributed by atoms with Crippen LogP contribution in [0.4, 0.5) is 0 Å². The topological polar surface area (TPSA) is 65.7 Å². The molecule has 0 unspecified atom stereocenters. The van der Waals surface area contributed by atoms with E-state index in [-0.39, 0.29) is 0 Å². The molecule has 0 aliphatic rings. The number of hydrogen-bond acceptors (Lipinski definition) is 5. The first kappa shape index (κ1) is 15.0. The van der Waals surface area contributed by atoms with E-state index in [1.807, 2.05) is 66.7 Å². The molecule has 0 fully saturated rings. The molecule has 0 spiro atoms. The second-order valence-electron chi connectivity index (χ2n) is 5.41. The van der Waals surface area contributed by atoms with Crippen molar-refractivity contribution in [2.75, 3.05) is 0 Å². The Morgan fingerprint density at radius 3 is 2.56 bits per heavy atom. The van der Waals surface area contributed by atoms with Gasteiger partial charge in [-0.2, -0.15) is 4.80 Å². The first-order chi connectivity index (χ1) is 12.4. The number of hydrogen-bond donors (Lipinski definition) is 0. The van der Waals surface area contributed by atoms with Crippen LogP contribution in [0.5, 0.6) is 11.5 Å². The fraction of sp³-hybridized carbons (Fsp3) is 0.0526. The van der Waals surface area contributed by atoms with Gasteiger partial charge in [0.25, 0.3) is 0 Å². The number of tetrazole rings is 1. The second-order valence-corrected chi connectivity index (χ2v) is 5.41. The molecule has 0 saturated carbocycles. The van der Waals surface area contributed by atoms with Gasteiger partial charge in [0.05, 0.1) is 12.7 Å². The van der Waals surface area contributed by atoms with Gasteiger partial charge in [0, 0.05) is 17.3 Å². The number of aromatic nitrogens is 5. The van der Waals surface area contributed by atoms with Crippen LogP contribution in [-0.4, -0.2) is 25.2 Å². The Balaban J connectivity index is 1.56. The zero-order chi connectivity index (χ0) is 16.9. The van der Waals surface area contributed by atoms with Crippen molar-refractivity contribution in [3.8, 4) is 22.9 Å². The van der Waals surface area contributed by atoms with Gasteiger partial charge in [-0.25, -0.2) is 0 Å². The van der Waals surface area contributed by atoms with Crippen LogP contribution in [0.1, 0.15) is 5.56 Å². The maximum atomic E-state index is 5.92. The molecule has 6 heteroatoms. The average molecular weight is 329 g/mol. The van der Waals surface area contributed by atoms with Gasteiger partial charge in [0.1, 0.15) is 11.5 Å². The summed E-state index contributed by atoms with van der Waals surface area (Å²) >= 11 is 0. The van der Waals surface area contributed by atoms with Crippen LogP contribution in [0.3, 0.4) is 0 Å². The van der Waals surface area contributed by atoms with E-state index in [1.54, 1.807) is 17.2 Å². The van der Waals surface area contributed by atoms with E-state index in [9.17, 15) is 0 Å². The molecule has 4 rings (SSSR count). The highest BCUT2D eigenvalue weighted by Gasteiger charge is 2.09. The minimum Gasteiger partial charge on any atom is -0.455 e. The average Bonchev–Trinajstić information content (AvgIpc) is 3.14. The van der Waals surface area contributed by atoms with Crippen molar-refractivity contribution in [2.24, 2.45) is 0 Å². The standard InChI is InChI=1S/C19H15N5O/c1-2-7-15(8-3-1)19-21-23-24(22-19)14-16-9-4-5-11-18(16)25-17-10-6-12-20-13-17/h1-13H,14H2. The Labute approximate surface area is 144 Å². The monoisotopic (exact) mass is 329 g/mol. The molecule has 0 saturated heterocycles. The Morgan fingerprint density at radius 2 is 1.72 bits per heavy atom. The summed E-state index contributed by atoms with van der Waals surface area (Å²) in [5.41, 5.74) is 1.90. The van der Waals surface area contributed by atoms with Crippen LogP contribution in [0.2, 0.25) is 0 Å². The zero-order valence-corrected chi connectivity index (χ0v) is 13.4. The lowest BCUT2D eigenvalue weighted by atomic mass is 10.2. The molecule has 0 atom stereocenters. The number of ether oxygens (including phenoxy) is 1. The Morgan fingerprint density at radius 1 is 0.880 bits per heavy atom. The Hall–Kier alpha value is -3.54. The zero-order valence-electron chi connectivity index (χ0n) is 13.4. The molecule has 0 radical (unpaired) electrons. The van der Waals surface area contributed by atoms with Crippen molar-refractivity contribution < 1.29 is 4.74 Å². The number of benzene rings is 2. The normalized spacial score (nSPS) is 10.6. The maximum absolute atomic E-state index is 5.92. The molecule has 2 aromatic carbocycles. The lowest BCUT2D eigenvalue weighted by Crippen LogP contribution is -2.05. The van der Waals surface area contributed by atoms with Gasteiger partial charge in [-0.1, -0.05) is 48.5 Å².